The van der Waals surface area contributed by atoms with Gasteiger partial charge in [-0.25, -0.2) is 9.97 Å². The fourth-order valence-electron chi connectivity index (χ4n) is 8.52. The summed E-state index contributed by atoms with van der Waals surface area (Å²) in [6.45, 7) is 0. The Morgan fingerprint density at radius 1 is 0.356 bits per heavy atom. The molecule has 4 heterocycles. The van der Waals surface area contributed by atoms with Gasteiger partial charge in [-0.2, -0.15) is 9.97 Å². The Kier molecular flexibility index (Phi) is 7.40. The van der Waals surface area contributed by atoms with Gasteiger partial charge in [0.1, 0.15) is 17.0 Å². The number of hydrogen-bond donors (Lipinski definition) is 0. The highest BCUT2D eigenvalue weighted by Crippen LogP contribution is 2.43. The highest BCUT2D eigenvalue weighted by atomic mass is 16.3. The quantitative estimate of drug-likeness (QED) is 0.169. The van der Waals surface area contributed by atoms with Crippen molar-refractivity contribution in [1.82, 2.24) is 29.1 Å². The van der Waals surface area contributed by atoms with E-state index in [0.717, 1.165) is 88.5 Å². The molecule has 0 spiro atoms. The van der Waals surface area contributed by atoms with Crippen LogP contribution in [0.5, 0.6) is 0 Å². The molecule has 8 aromatic carbocycles. The summed E-state index contributed by atoms with van der Waals surface area (Å²) in [6.07, 6.45) is 0. The van der Waals surface area contributed by atoms with Gasteiger partial charge in [-0.3, -0.25) is 9.13 Å². The van der Waals surface area contributed by atoms with Crippen LogP contribution in [0.25, 0.3) is 112 Å². The number of fused-ring (bicyclic) bond motifs is 7. The minimum atomic E-state index is 0.515. The van der Waals surface area contributed by atoms with Crippen LogP contribution < -0.4 is 0 Å². The lowest BCUT2D eigenvalue weighted by Crippen LogP contribution is -2.06. The van der Waals surface area contributed by atoms with Gasteiger partial charge in [-0.05, 0) is 65.7 Å². The first-order valence-electron chi connectivity index (χ1n) is 19.7. The van der Waals surface area contributed by atoms with Crippen LogP contribution in [-0.4, -0.2) is 29.1 Å². The van der Waals surface area contributed by atoms with E-state index in [1.165, 1.54) is 0 Å². The molecular formula is C52H32N6O. The highest BCUT2D eigenvalue weighted by molar-refractivity contribution is 6.14. The Morgan fingerprint density at radius 2 is 0.932 bits per heavy atom. The molecule has 7 heteroatoms. The first kappa shape index (κ1) is 33.0. The Morgan fingerprint density at radius 3 is 1.66 bits per heavy atom. The van der Waals surface area contributed by atoms with Crippen LogP contribution in [0.3, 0.4) is 0 Å². The Hall–Kier alpha value is -8.16. The van der Waals surface area contributed by atoms with Gasteiger partial charge < -0.3 is 4.42 Å². The van der Waals surface area contributed by atoms with E-state index >= 15 is 0 Å². The molecule has 0 aliphatic carbocycles. The molecule has 0 radical (unpaired) electrons. The van der Waals surface area contributed by atoms with Crippen molar-refractivity contribution >= 4 is 54.8 Å². The maximum Gasteiger partial charge on any atom is 0.238 e. The molecule has 0 aliphatic rings. The number of aromatic nitrogens is 6. The number of nitrogens with zero attached hydrogens (tertiary/aromatic N) is 6. The van der Waals surface area contributed by atoms with Crippen molar-refractivity contribution in [2.45, 2.75) is 0 Å². The molecule has 4 aromatic heterocycles. The van der Waals surface area contributed by atoms with Crippen LogP contribution in [0.15, 0.2) is 199 Å². The van der Waals surface area contributed by atoms with Crippen molar-refractivity contribution < 1.29 is 4.42 Å². The van der Waals surface area contributed by atoms with E-state index in [4.69, 9.17) is 24.4 Å². The van der Waals surface area contributed by atoms with Gasteiger partial charge in [0, 0.05) is 32.8 Å². The highest BCUT2D eigenvalue weighted by Gasteiger charge is 2.24. The summed E-state index contributed by atoms with van der Waals surface area (Å²) in [5.74, 6) is 2.41. The van der Waals surface area contributed by atoms with Gasteiger partial charge in [0.05, 0.1) is 33.2 Å². The molecule has 0 atom stereocenters. The Labute approximate surface area is 338 Å². The third-order valence-electron chi connectivity index (χ3n) is 11.2. The fourth-order valence-corrected chi connectivity index (χ4v) is 8.52. The van der Waals surface area contributed by atoms with Crippen molar-refractivity contribution in [2.75, 3.05) is 0 Å². The van der Waals surface area contributed by atoms with E-state index in [1.807, 2.05) is 54.6 Å². The van der Waals surface area contributed by atoms with E-state index in [9.17, 15) is 0 Å². The molecule has 0 unspecified atom stereocenters. The molecule has 7 nitrogen and oxygen atoms in total. The lowest BCUT2D eigenvalue weighted by molar-refractivity contribution is 0.670. The van der Waals surface area contributed by atoms with Gasteiger partial charge in [-0.1, -0.05) is 140 Å². The topological polar surface area (TPSA) is 74.6 Å². The van der Waals surface area contributed by atoms with E-state index in [-0.39, 0.29) is 0 Å². The smallest absolute Gasteiger partial charge is 0.238 e. The zero-order valence-electron chi connectivity index (χ0n) is 31.6. The monoisotopic (exact) mass is 756 g/mol. The van der Waals surface area contributed by atoms with Gasteiger partial charge in [0.15, 0.2) is 11.6 Å². The van der Waals surface area contributed by atoms with Crippen molar-refractivity contribution in [3.05, 3.63) is 194 Å². The molecule has 0 amide bonds. The maximum atomic E-state index is 7.16. The predicted molar refractivity (Wildman–Crippen MR) is 238 cm³/mol. The summed E-state index contributed by atoms with van der Waals surface area (Å²) in [6, 6.07) is 66.7. The van der Waals surface area contributed by atoms with E-state index < -0.39 is 0 Å². The molecule has 0 saturated carbocycles. The second-order valence-corrected chi connectivity index (χ2v) is 14.7. The second-order valence-electron chi connectivity index (χ2n) is 14.7. The van der Waals surface area contributed by atoms with Gasteiger partial charge >= 0.3 is 0 Å². The largest absolute Gasteiger partial charge is 0.455 e. The van der Waals surface area contributed by atoms with E-state index in [2.05, 4.69) is 149 Å². The number of benzene rings is 8. The average molecular weight is 757 g/mol. The summed E-state index contributed by atoms with van der Waals surface area (Å²) >= 11 is 0. The number of rotatable bonds is 6. The van der Waals surface area contributed by atoms with Crippen LogP contribution in [-0.2, 0) is 0 Å². The molecular weight excluding hydrogens is 725 g/mol. The van der Waals surface area contributed by atoms with Crippen molar-refractivity contribution in [3.63, 3.8) is 0 Å². The SMILES string of the molecule is c1ccc(-c2cc(-c3nc4ccccc4n3-c3ccccc3)c3oc4c(-c5nc(-c6ccccc6)nc(-n6c7ccccc7c7ccccc76)n5)cccc4c3c2)cc1. The zero-order valence-corrected chi connectivity index (χ0v) is 31.6. The summed E-state index contributed by atoms with van der Waals surface area (Å²) in [5.41, 5.74) is 11.1. The zero-order chi connectivity index (χ0) is 38.9. The first-order valence-corrected chi connectivity index (χ1v) is 19.7. The van der Waals surface area contributed by atoms with Crippen molar-refractivity contribution in [3.8, 4) is 56.9 Å². The molecule has 0 fully saturated rings. The van der Waals surface area contributed by atoms with Crippen LogP contribution in [0.2, 0.25) is 0 Å². The molecule has 276 valence electrons. The van der Waals surface area contributed by atoms with Gasteiger partial charge in [0.25, 0.3) is 0 Å². The Bertz CT molecular complexity index is 3500. The average Bonchev–Trinajstić information content (AvgIpc) is 3.99. The minimum absolute atomic E-state index is 0.515. The lowest BCUT2D eigenvalue weighted by atomic mass is 9.98. The van der Waals surface area contributed by atoms with Crippen molar-refractivity contribution in [2.24, 2.45) is 0 Å². The van der Waals surface area contributed by atoms with Crippen LogP contribution in [0.4, 0.5) is 0 Å². The van der Waals surface area contributed by atoms with E-state index in [0.29, 0.717) is 23.2 Å². The number of imidazole rings is 1. The van der Waals surface area contributed by atoms with Crippen LogP contribution in [0.1, 0.15) is 0 Å². The molecule has 0 N–H and O–H groups in total. The molecule has 0 saturated heterocycles. The Balaban J connectivity index is 1.15. The first-order chi connectivity index (χ1) is 29.3. The molecule has 12 aromatic rings. The third-order valence-corrected chi connectivity index (χ3v) is 11.2. The predicted octanol–water partition coefficient (Wildman–Crippen LogP) is 12.9. The second kappa shape index (κ2) is 13.2. The standard InChI is InChI=1S/C52H32N6O/c1-4-17-33(18-5-1)35-31-41-39-25-16-26-40(47(39)59-48(41)42(32-35)51-53-43-27-12-15-30-46(43)57(51)36-21-8-3-9-22-36)50-54-49(34-19-6-2-7-20-34)55-52(56-50)58-44-28-13-10-23-37(44)38-24-11-14-29-45(38)58/h1-32H. The summed E-state index contributed by atoms with van der Waals surface area (Å²) in [5, 5.41) is 4.20. The van der Waals surface area contributed by atoms with Crippen LogP contribution in [0, 0.1) is 0 Å². The molecule has 0 bridgehead atoms. The summed E-state index contributed by atoms with van der Waals surface area (Å²) in [4.78, 5) is 20.9. The number of furan rings is 1. The van der Waals surface area contributed by atoms with Crippen LogP contribution >= 0.6 is 0 Å². The summed E-state index contributed by atoms with van der Waals surface area (Å²) < 4.78 is 11.5. The normalized spacial score (nSPS) is 11.7. The molecule has 12 rings (SSSR count). The van der Waals surface area contributed by atoms with Gasteiger partial charge in [-0.15, -0.1) is 0 Å². The number of para-hydroxylation sites is 6. The molecule has 59 heavy (non-hydrogen) atoms. The minimum Gasteiger partial charge on any atom is -0.455 e. The molecule has 0 aliphatic heterocycles. The maximum absolute atomic E-state index is 7.16. The number of hydrogen-bond acceptors (Lipinski definition) is 5. The fraction of sp³-hybridized carbons (Fsp3) is 0. The third kappa shape index (κ3) is 5.29. The van der Waals surface area contributed by atoms with E-state index in [1.54, 1.807) is 0 Å². The van der Waals surface area contributed by atoms with Crippen molar-refractivity contribution in [1.29, 1.82) is 0 Å². The van der Waals surface area contributed by atoms with Gasteiger partial charge in [0.2, 0.25) is 5.95 Å². The lowest BCUT2D eigenvalue weighted by Gasteiger charge is -2.11. The summed E-state index contributed by atoms with van der Waals surface area (Å²) in [7, 11) is 0.